The Morgan fingerprint density at radius 1 is 0.806 bits per heavy atom. The van der Waals surface area contributed by atoms with Crippen LogP contribution in [0.15, 0.2) is 48.5 Å². The maximum absolute atomic E-state index is 12.8. The molecule has 0 saturated carbocycles. The first kappa shape index (κ1) is 18.5. The van der Waals surface area contributed by atoms with E-state index >= 15 is 0 Å². The number of fused-ring (bicyclic) bond motifs is 6. The van der Waals surface area contributed by atoms with Gasteiger partial charge in [0.15, 0.2) is 5.60 Å². The summed E-state index contributed by atoms with van der Waals surface area (Å²) in [5.74, 6) is -4.13. The number of hydrogen-bond donors (Lipinski definition) is 4. The molecule has 4 N–H and O–H groups in total. The molecule has 3 aromatic carbocycles. The van der Waals surface area contributed by atoms with Crippen LogP contribution in [-0.4, -0.2) is 38.3 Å². The highest BCUT2D eigenvalue weighted by molar-refractivity contribution is 6.08. The van der Waals surface area contributed by atoms with Gasteiger partial charge in [0.2, 0.25) is 0 Å². The van der Waals surface area contributed by atoms with Crippen LogP contribution in [0.3, 0.4) is 0 Å². The van der Waals surface area contributed by atoms with Crippen molar-refractivity contribution in [2.75, 3.05) is 0 Å². The van der Waals surface area contributed by atoms with Crippen LogP contribution in [0.4, 0.5) is 0 Å². The lowest BCUT2D eigenvalue weighted by Crippen LogP contribution is -2.34. The van der Waals surface area contributed by atoms with Crippen molar-refractivity contribution in [1.29, 1.82) is 0 Å². The van der Waals surface area contributed by atoms with Crippen molar-refractivity contribution in [3.63, 3.8) is 0 Å². The van der Waals surface area contributed by atoms with Crippen molar-refractivity contribution in [2.45, 2.75) is 5.60 Å². The Bertz CT molecular complexity index is 1290. The molecule has 0 aliphatic carbocycles. The van der Waals surface area contributed by atoms with Crippen LogP contribution in [0.2, 0.25) is 0 Å². The highest BCUT2D eigenvalue weighted by Crippen LogP contribution is 2.58. The van der Waals surface area contributed by atoms with E-state index in [2.05, 4.69) is 0 Å². The van der Waals surface area contributed by atoms with Crippen molar-refractivity contribution >= 4 is 17.9 Å². The third-order valence-electron chi connectivity index (χ3n) is 5.38. The van der Waals surface area contributed by atoms with Crippen LogP contribution in [0, 0.1) is 0 Å². The van der Waals surface area contributed by atoms with Gasteiger partial charge < -0.3 is 29.9 Å². The maximum atomic E-state index is 12.8. The number of rotatable bonds is 2. The standard InChI is InChI=1S/C22H12O9/c23-9-1-5-13-15(7-9)30-16-8-10(24)2-6-14(16)22(13)18-12(21(29)31-22)4-3-11(19(25)26)17(18)20(27)28/h1-8,23-24H,(H,25,26)(H,27,28). The smallest absolute Gasteiger partial charge is 0.340 e. The lowest BCUT2D eigenvalue weighted by Gasteiger charge is -2.37. The van der Waals surface area contributed by atoms with E-state index in [-0.39, 0.29) is 45.3 Å². The number of carboxylic acid groups (broad SMARTS) is 2. The Morgan fingerprint density at radius 2 is 1.39 bits per heavy atom. The second-order valence-electron chi connectivity index (χ2n) is 7.05. The van der Waals surface area contributed by atoms with Crippen molar-refractivity contribution in [2.24, 2.45) is 0 Å². The van der Waals surface area contributed by atoms with Crippen molar-refractivity contribution in [1.82, 2.24) is 0 Å². The summed E-state index contributed by atoms with van der Waals surface area (Å²) in [5.41, 5.74) is -2.86. The molecule has 0 atom stereocenters. The van der Waals surface area contributed by atoms with Gasteiger partial charge in [-0.1, -0.05) is 0 Å². The van der Waals surface area contributed by atoms with E-state index in [0.717, 1.165) is 6.07 Å². The quantitative estimate of drug-likeness (QED) is 0.459. The molecular formula is C22H12O9. The largest absolute Gasteiger partial charge is 0.508 e. The Labute approximate surface area is 173 Å². The van der Waals surface area contributed by atoms with Crippen LogP contribution in [0.5, 0.6) is 23.0 Å². The lowest BCUT2D eigenvalue weighted by molar-refractivity contribution is 0.0218. The molecular weight excluding hydrogens is 408 g/mol. The first-order valence-electron chi connectivity index (χ1n) is 8.96. The average molecular weight is 420 g/mol. The fourth-order valence-electron chi connectivity index (χ4n) is 4.20. The monoisotopic (exact) mass is 420 g/mol. The van der Waals surface area contributed by atoms with E-state index in [1.807, 2.05) is 0 Å². The maximum Gasteiger partial charge on any atom is 0.340 e. The number of benzene rings is 3. The molecule has 0 saturated heterocycles. The number of phenols is 2. The Morgan fingerprint density at radius 3 is 1.90 bits per heavy atom. The zero-order valence-electron chi connectivity index (χ0n) is 15.4. The minimum atomic E-state index is -1.87. The molecule has 31 heavy (non-hydrogen) atoms. The Hall–Kier alpha value is -4.53. The molecule has 0 radical (unpaired) electrons. The second-order valence-corrected chi connectivity index (χ2v) is 7.05. The SMILES string of the molecule is O=C(O)c1ccc2c(c1C(=O)O)C1(OC2=O)c2ccc(O)cc2Oc2cc(O)ccc21. The van der Waals surface area contributed by atoms with E-state index in [1.54, 1.807) is 0 Å². The summed E-state index contributed by atoms with van der Waals surface area (Å²) in [5, 5.41) is 39.3. The predicted molar refractivity (Wildman–Crippen MR) is 102 cm³/mol. The van der Waals surface area contributed by atoms with E-state index in [9.17, 15) is 34.8 Å². The molecule has 3 aromatic rings. The summed E-state index contributed by atoms with van der Waals surface area (Å²) in [7, 11) is 0. The molecule has 2 aliphatic rings. The van der Waals surface area contributed by atoms with Crippen LogP contribution in [0.25, 0.3) is 0 Å². The Kier molecular flexibility index (Phi) is 3.57. The first-order chi connectivity index (χ1) is 14.7. The topological polar surface area (TPSA) is 151 Å². The highest BCUT2D eigenvalue weighted by atomic mass is 16.6. The van der Waals surface area contributed by atoms with Gasteiger partial charge in [0, 0.05) is 28.8 Å². The summed E-state index contributed by atoms with van der Waals surface area (Å²) in [6.07, 6.45) is 0. The molecule has 0 unspecified atom stereocenters. The molecule has 5 rings (SSSR count). The number of ether oxygens (including phenoxy) is 2. The van der Waals surface area contributed by atoms with E-state index < -0.39 is 34.6 Å². The van der Waals surface area contributed by atoms with Gasteiger partial charge in [0.25, 0.3) is 0 Å². The van der Waals surface area contributed by atoms with Gasteiger partial charge in [-0.05, 0) is 36.4 Å². The van der Waals surface area contributed by atoms with Crippen LogP contribution < -0.4 is 4.74 Å². The number of carboxylic acids is 2. The molecule has 154 valence electrons. The van der Waals surface area contributed by atoms with Crippen molar-refractivity contribution < 1.29 is 44.3 Å². The summed E-state index contributed by atoms with van der Waals surface area (Å²) in [6, 6.07) is 10.2. The minimum absolute atomic E-state index is 0.0517. The zero-order chi connectivity index (χ0) is 22.1. The van der Waals surface area contributed by atoms with Crippen LogP contribution >= 0.6 is 0 Å². The van der Waals surface area contributed by atoms with Crippen molar-refractivity contribution in [3.05, 3.63) is 81.9 Å². The number of carbonyl (C=O) groups is 3. The van der Waals surface area contributed by atoms with Gasteiger partial charge in [0.1, 0.15) is 23.0 Å². The highest BCUT2D eigenvalue weighted by Gasteiger charge is 2.56. The molecule has 9 nitrogen and oxygen atoms in total. The summed E-state index contributed by atoms with van der Waals surface area (Å²) >= 11 is 0. The number of carbonyl (C=O) groups excluding carboxylic acids is 1. The fraction of sp³-hybridized carbons (Fsp3) is 0.0455. The molecule has 0 amide bonds. The predicted octanol–water partition coefficient (Wildman–Crippen LogP) is 3.06. The molecule has 9 heteroatoms. The Balaban J connectivity index is 1.98. The molecule has 2 heterocycles. The van der Waals surface area contributed by atoms with E-state index in [4.69, 9.17) is 9.47 Å². The van der Waals surface area contributed by atoms with Gasteiger partial charge in [-0.15, -0.1) is 0 Å². The van der Waals surface area contributed by atoms with Gasteiger partial charge in [-0.25, -0.2) is 14.4 Å². The fourth-order valence-corrected chi connectivity index (χ4v) is 4.20. The van der Waals surface area contributed by atoms with E-state index in [1.165, 1.54) is 42.5 Å². The van der Waals surface area contributed by atoms with Gasteiger partial charge in [-0.3, -0.25) is 0 Å². The second kappa shape index (κ2) is 5.99. The van der Waals surface area contributed by atoms with Crippen molar-refractivity contribution in [3.8, 4) is 23.0 Å². The molecule has 0 aromatic heterocycles. The van der Waals surface area contributed by atoms with Crippen LogP contribution in [-0.2, 0) is 10.3 Å². The molecule has 0 fully saturated rings. The normalized spacial score (nSPS) is 14.8. The van der Waals surface area contributed by atoms with E-state index in [0.29, 0.717) is 0 Å². The zero-order valence-corrected chi connectivity index (χ0v) is 15.4. The van der Waals surface area contributed by atoms with Crippen LogP contribution in [0.1, 0.15) is 47.8 Å². The number of aromatic carboxylic acids is 2. The third kappa shape index (κ3) is 2.34. The summed E-state index contributed by atoms with van der Waals surface area (Å²) in [4.78, 5) is 36.8. The summed E-state index contributed by atoms with van der Waals surface area (Å²) in [6.45, 7) is 0. The molecule has 0 bridgehead atoms. The average Bonchev–Trinajstić information content (AvgIpc) is 3.00. The molecule has 1 spiro atoms. The number of phenolic OH excluding ortho intramolecular Hbond substituents is 2. The summed E-state index contributed by atoms with van der Waals surface area (Å²) < 4.78 is 11.6. The third-order valence-corrected chi connectivity index (χ3v) is 5.38. The van der Waals surface area contributed by atoms with Gasteiger partial charge in [0.05, 0.1) is 16.7 Å². The lowest BCUT2D eigenvalue weighted by atomic mass is 9.75. The van der Waals surface area contributed by atoms with Gasteiger partial charge >= 0.3 is 17.9 Å². The van der Waals surface area contributed by atoms with Gasteiger partial charge in [-0.2, -0.15) is 0 Å². The molecule has 2 aliphatic heterocycles. The number of hydrogen-bond acceptors (Lipinski definition) is 7. The first-order valence-corrected chi connectivity index (χ1v) is 8.96. The number of esters is 1. The minimum Gasteiger partial charge on any atom is -0.508 e. The number of aromatic hydroxyl groups is 2.